The highest BCUT2D eigenvalue weighted by Gasteiger charge is 2.36. The van der Waals surface area contributed by atoms with Gasteiger partial charge in [0.2, 0.25) is 0 Å². The molecule has 0 atom stereocenters. The third-order valence-corrected chi connectivity index (χ3v) is 14.0. The maximum Gasteiger partial charge on any atom is 0.0540 e. The molecule has 0 saturated heterocycles. The topological polar surface area (TPSA) is 6.48 Å². The molecule has 11 aromatic carbocycles. The van der Waals surface area contributed by atoms with Gasteiger partial charge in [0.15, 0.2) is 0 Å². The smallest absolute Gasteiger partial charge is 0.0540 e. The summed E-state index contributed by atoms with van der Waals surface area (Å²) in [6.45, 7) is 4.73. The highest BCUT2D eigenvalue weighted by molar-refractivity contribution is 6.11. The summed E-state index contributed by atoms with van der Waals surface area (Å²) in [5.41, 5.74) is 20.9. The number of fused-ring (bicyclic) bond motifs is 4. The lowest BCUT2D eigenvalue weighted by Gasteiger charge is -2.32. The van der Waals surface area contributed by atoms with E-state index in [9.17, 15) is 0 Å². The molecule has 0 aromatic heterocycles. The maximum atomic E-state index is 2.46. The first-order valence-electron chi connectivity index (χ1n) is 23.9. The van der Waals surface area contributed by atoms with Gasteiger partial charge < -0.3 is 9.80 Å². The average Bonchev–Trinajstić information content (AvgIpc) is 3.64. The van der Waals surface area contributed by atoms with Crippen molar-refractivity contribution in [2.75, 3.05) is 9.80 Å². The Morgan fingerprint density at radius 2 is 0.739 bits per heavy atom. The van der Waals surface area contributed by atoms with E-state index in [4.69, 9.17) is 0 Å². The zero-order valence-electron chi connectivity index (χ0n) is 38.8. The van der Waals surface area contributed by atoms with Crippen LogP contribution >= 0.6 is 0 Å². The summed E-state index contributed by atoms with van der Waals surface area (Å²) in [5, 5.41) is 2.43. The van der Waals surface area contributed by atoms with Gasteiger partial charge in [-0.2, -0.15) is 0 Å². The Balaban J connectivity index is 1.19. The first kappa shape index (κ1) is 41.7. The molecule has 0 unspecified atom stereocenters. The number of hydrogen-bond acceptors (Lipinski definition) is 2. The van der Waals surface area contributed by atoms with Crippen LogP contribution in [0, 0.1) is 0 Å². The monoisotopic (exact) mass is 882 g/mol. The summed E-state index contributed by atoms with van der Waals surface area (Å²) in [6.07, 6.45) is 0. The van der Waals surface area contributed by atoms with Crippen LogP contribution in [0.4, 0.5) is 34.1 Å². The predicted octanol–water partition coefficient (Wildman–Crippen LogP) is 18.8. The van der Waals surface area contributed by atoms with Crippen molar-refractivity contribution in [1.29, 1.82) is 0 Å². The molecule has 0 amide bonds. The molecule has 2 heteroatoms. The molecule has 0 bridgehead atoms. The van der Waals surface area contributed by atoms with Crippen LogP contribution in [0.2, 0.25) is 0 Å². The predicted molar refractivity (Wildman–Crippen MR) is 293 cm³/mol. The van der Waals surface area contributed by atoms with Crippen LogP contribution < -0.4 is 9.80 Å². The second-order valence-corrected chi connectivity index (χ2v) is 18.5. The van der Waals surface area contributed by atoms with Gasteiger partial charge in [-0.1, -0.05) is 214 Å². The number of anilines is 6. The molecule has 1 aliphatic rings. The highest BCUT2D eigenvalue weighted by atomic mass is 15.2. The van der Waals surface area contributed by atoms with Crippen molar-refractivity contribution in [3.8, 4) is 55.6 Å². The Labute approximate surface area is 405 Å². The first-order chi connectivity index (χ1) is 34.0. The Kier molecular flexibility index (Phi) is 10.6. The van der Waals surface area contributed by atoms with E-state index < -0.39 is 0 Å². The van der Waals surface area contributed by atoms with Crippen LogP contribution in [-0.4, -0.2) is 0 Å². The summed E-state index contributed by atoms with van der Waals surface area (Å²) in [7, 11) is 0. The van der Waals surface area contributed by atoms with Gasteiger partial charge in [0.05, 0.1) is 5.69 Å². The van der Waals surface area contributed by atoms with Crippen LogP contribution in [0.25, 0.3) is 66.4 Å². The zero-order chi connectivity index (χ0) is 46.3. The van der Waals surface area contributed by atoms with Gasteiger partial charge in [-0.05, 0) is 139 Å². The second kappa shape index (κ2) is 17.5. The molecule has 0 spiro atoms. The molecule has 0 radical (unpaired) electrons. The van der Waals surface area contributed by atoms with Crippen molar-refractivity contribution in [2.45, 2.75) is 19.3 Å². The largest absolute Gasteiger partial charge is 0.310 e. The van der Waals surface area contributed by atoms with E-state index in [1.165, 1.54) is 55.3 Å². The first-order valence-corrected chi connectivity index (χ1v) is 23.9. The third kappa shape index (κ3) is 7.48. The van der Waals surface area contributed by atoms with Gasteiger partial charge in [-0.25, -0.2) is 0 Å². The summed E-state index contributed by atoms with van der Waals surface area (Å²) in [6, 6.07) is 97.6. The van der Waals surface area contributed by atoms with E-state index in [0.717, 1.165) is 56.4 Å². The minimum atomic E-state index is -0.175. The van der Waals surface area contributed by atoms with Crippen molar-refractivity contribution in [3.63, 3.8) is 0 Å². The standard InChI is InChI=1S/C67H50N2/c1-67(2)63-38-22-20-36-58(63)59-41-40-53(45-64(59)67)68(51-30-14-6-15-31-51)54-42-50(43-55(44-54)69(52-32-16-7-17-33-52)65-39-23-21-34-56(65)47-24-8-3-9-25-47)62-46-61(48-26-10-4-11-27-48)57-35-18-19-37-60(57)66(62)49-28-12-5-13-29-49/h3-46H,1-2H3. The van der Waals surface area contributed by atoms with Crippen LogP contribution in [0.5, 0.6) is 0 Å². The van der Waals surface area contributed by atoms with Gasteiger partial charge in [0.25, 0.3) is 0 Å². The van der Waals surface area contributed by atoms with Crippen LogP contribution in [0.15, 0.2) is 267 Å². The van der Waals surface area contributed by atoms with Gasteiger partial charge >= 0.3 is 0 Å². The van der Waals surface area contributed by atoms with E-state index in [1.807, 2.05) is 0 Å². The number of hydrogen-bond donors (Lipinski definition) is 0. The van der Waals surface area contributed by atoms with Gasteiger partial charge in [0.1, 0.15) is 0 Å². The van der Waals surface area contributed by atoms with Crippen molar-refractivity contribution in [3.05, 3.63) is 278 Å². The van der Waals surface area contributed by atoms with Crippen molar-refractivity contribution >= 4 is 44.9 Å². The fraction of sp³-hybridized carbons (Fsp3) is 0.0448. The quantitative estimate of drug-likeness (QED) is 0.135. The second-order valence-electron chi connectivity index (χ2n) is 18.5. The molecule has 12 rings (SSSR count). The summed E-state index contributed by atoms with van der Waals surface area (Å²) in [4.78, 5) is 4.91. The van der Waals surface area contributed by atoms with E-state index in [0.29, 0.717) is 0 Å². The normalized spacial score (nSPS) is 12.3. The lowest BCUT2D eigenvalue weighted by atomic mass is 9.82. The summed E-state index contributed by atoms with van der Waals surface area (Å²) >= 11 is 0. The van der Waals surface area contributed by atoms with Crippen molar-refractivity contribution < 1.29 is 0 Å². The van der Waals surface area contributed by atoms with E-state index in [1.54, 1.807) is 0 Å². The van der Waals surface area contributed by atoms with E-state index in [-0.39, 0.29) is 5.41 Å². The van der Waals surface area contributed by atoms with E-state index >= 15 is 0 Å². The average molecular weight is 883 g/mol. The minimum Gasteiger partial charge on any atom is -0.310 e. The molecule has 0 fully saturated rings. The van der Waals surface area contributed by atoms with Crippen LogP contribution in [-0.2, 0) is 5.41 Å². The summed E-state index contributed by atoms with van der Waals surface area (Å²) < 4.78 is 0. The molecular formula is C67H50N2. The Morgan fingerprint density at radius 3 is 1.39 bits per heavy atom. The van der Waals surface area contributed by atoms with Crippen LogP contribution in [0.1, 0.15) is 25.0 Å². The summed E-state index contributed by atoms with van der Waals surface area (Å²) in [5.74, 6) is 0. The molecule has 0 heterocycles. The Bertz CT molecular complexity index is 3620. The molecule has 0 N–H and O–H groups in total. The van der Waals surface area contributed by atoms with Gasteiger partial charge in [-0.15, -0.1) is 0 Å². The van der Waals surface area contributed by atoms with Gasteiger partial charge in [-0.3, -0.25) is 0 Å². The lowest BCUT2D eigenvalue weighted by Crippen LogP contribution is -2.17. The highest BCUT2D eigenvalue weighted by Crippen LogP contribution is 2.53. The van der Waals surface area contributed by atoms with Crippen molar-refractivity contribution in [1.82, 2.24) is 0 Å². The zero-order valence-corrected chi connectivity index (χ0v) is 38.8. The lowest BCUT2D eigenvalue weighted by molar-refractivity contribution is 0.660. The Hall–Kier alpha value is -8.72. The third-order valence-electron chi connectivity index (χ3n) is 14.0. The number of benzene rings is 11. The van der Waals surface area contributed by atoms with Crippen molar-refractivity contribution in [2.24, 2.45) is 0 Å². The molecule has 1 aliphatic carbocycles. The SMILES string of the molecule is CC1(C)c2ccccc2-c2ccc(N(c3ccccc3)c3cc(-c4cc(-c5ccccc5)c5ccccc5c4-c4ccccc4)cc(N(c4ccccc4)c4ccccc4-c4ccccc4)c3)cc21. The maximum absolute atomic E-state index is 2.46. The minimum absolute atomic E-state index is 0.175. The van der Waals surface area contributed by atoms with E-state index in [2.05, 4.69) is 291 Å². The molecule has 11 aromatic rings. The van der Waals surface area contributed by atoms with Gasteiger partial charge in [0, 0.05) is 39.4 Å². The Morgan fingerprint density at radius 1 is 0.261 bits per heavy atom. The molecule has 328 valence electrons. The molecular weight excluding hydrogens is 833 g/mol. The molecule has 2 nitrogen and oxygen atoms in total. The number of rotatable bonds is 10. The molecule has 0 aliphatic heterocycles. The fourth-order valence-corrected chi connectivity index (χ4v) is 10.8. The fourth-order valence-electron chi connectivity index (χ4n) is 10.8. The molecule has 69 heavy (non-hydrogen) atoms. The van der Waals surface area contributed by atoms with Crippen LogP contribution in [0.3, 0.4) is 0 Å². The molecule has 0 saturated carbocycles. The number of nitrogens with zero attached hydrogens (tertiary/aromatic N) is 2. The number of para-hydroxylation sites is 3.